The molecule has 0 fully saturated rings. The molecular weight excluding hydrogens is 344 g/mol. The number of thiazole rings is 1. The van der Waals surface area contributed by atoms with E-state index in [0.29, 0.717) is 10.3 Å². The zero-order chi connectivity index (χ0) is 17.1. The van der Waals surface area contributed by atoms with Gasteiger partial charge in [0.2, 0.25) is 11.1 Å². The summed E-state index contributed by atoms with van der Waals surface area (Å²) in [4.78, 5) is 16.2. The number of aryl methyl sites for hydroxylation is 3. The molecule has 2 heterocycles. The van der Waals surface area contributed by atoms with Gasteiger partial charge in [0.1, 0.15) is 0 Å². The third kappa shape index (κ3) is 3.80. The predicted molar refractivity (Wildman–Crippen MR) is 94.8 cm³/mol. The molecule has 124 valence electrons. The lowest BCUT2D eigenvalue weighted by Gasteiger charge is -2.08. The Morgan fingerprint density at radius 2 is 2.17 bits per heavy atom. The maximum absolute atomic E-state index is 12.0. The van der Waals surface area contributed by atoms with E-state index >= 15 is 0 Å². The summed E-state index contributed by atoms with van der Waals surface area (Å²) in [7, 11) is 0. The second kappa shape index (κ2) is 7.10. The minimum atomic E-state index is -0.135. The summed E-state index contributed by atoms with van der Waals surface area (Å²) in [6.45, 7) is 5.94. The average Bonchev–Trinajstić information content (AvgIpc) is 3.14. The Hall–Kier alpha value is -2.26. The van der Waals surface area contributed by atoms with E-state index in [-0.39, 0.29) is 11.7 Å². The first-order chi connectivity index (χ1) is 11.5. The van der Waals surface area contributed by atoms with Gasteiger partial charge in [0, 0.05) is 5.38 Å². The smallest absolute Gasteiger partial charge is 0.236 e. The molecule has 0 saturated heterocycles. The Balaban J connectivity index is 1.68. The average molecular weight is 360 g/mol. The molecule has 0 aliphatic heterocycles. The van der Waals surface area contributed by atoms with Crippen molar-refractivity contribution in [3.05, 3.63) is 40.4 Å². The minimum Gasteiger partial charge on any atom is -0.301 e. The summed E-state index contributed by atoms with van der Waals surface area (Å²) in [6.07, 6.45) is 0. The van der Waals surface area contributed by atoms with E-state index in [4.69, 9.17) is 0 Å². The van der Waals surface area contributed by atoms with Gasteiger partial charge >= 0.3 is 0 Å². The molecule has 24 heavy (non-hydrogen) atoms. The lowest BCUT2D eigenvalue weighted by atomic mass is 10.1. The molecule has 0 aliphatic rings. The quantitative estimate of drug-likeness (QED) is 0.704. The van der Waals surface area contributed by atoms with Gasteiger partial charge in [-0.3, -0.25) is 4.79 Å². The molecule has 1 amide bonds. The fourth-order valence-electron chi connectivity index (χ4n) is 2.16. The molecular formula is C15H16N6OS2. The van der Waals surface area contributed by atoms with Gasteiger partial charge in [-0.1, -0.05) is 29.5 Å². The Kier molecular flexibility index (Phi) is 4.91. The van der Waals surface area contributed by atoms with Crippen molar-refractivity contribution >= 4 is 34.1 Å². The summed E-state index contributed by atoms with van der Waals surface area (Å²) >= 11 is 2.69. The normalized spacial score (nSPS) is 10.8. The van der Waals surface area contributed by atoms with Crippen LogP contribution in [0.4, 0.5) is 5.13 Å². The van der Waals surface area contributed by atoms with Gasteiger partial charge in [-0.2, -0.15) is 4.68 Å². The molecule has 3 rings (SSSR count). The fraction of sp³-hybridized carbons (Fsp3) is 0.267. The molecule has 1 N–H and O–H groups in total. The van der Waals surface area contributed by atoms with Crippen molar-refractivity contribution in [2.75, 3.05) is 11.1 Å². The van der Waals surface area contributed by atoms with Crippen molar-refractivity contribution in [3.8, 4) is 5.69 Å². The monoisotopic (exact) mass is 360 g/mol. The van der Waals surface area contributed by atoms with Gasteiger partial charge in [0.15, 0.2) is 5.13 Å². The number of nitrogens with zero attached hydrogens (tertiary/aromatic N) is 5. The van der Waals surface area contributed by atoms with Crippen LogP contribution in [-0.4, -0.2) is 36.9 Å². The molecule has 9 heteroatoms. The highest BCUT2D eigenvalue weighted by Crippen LogP contribution is 2.22. The van der Waals surface area contributed by atoms with Crippen molar-refractivity contribution in [1.82, 2.24) is 25.2 Å². The van der Waals surface area contributed by atoms with Crippen LogP contribution in [0, 0.1) is 20.8 Å². The lowest BCUT2D eigenvalue weighted by Crippen LogP contribution is -2.14. The number of amides is 1. The zero-order valence-electron chi connectivity index (χ0n) is 13.5. The van der Waals surface area contributed by atoms with Gasteiger partial charge in [-0.25, -0.2) is 4.98 Å². The first-order valence-electron chi connectivity index (χ1n) is 7.24. The van der Waals surface area contributed by atoms with Gasteiger partial charge in [-0.05, 0) is 42.8 Å². The number of rotatable bonds is 5. The van der Waals surface area contributed by atoms with E-state index in [0.717, 1.165) is 16.9 Å². The number of hydrogen-bond donors (Lipinski definition) is 1. The van der Waals surface area contributed by atoms with E-state index < -0.39 is 0 Å². The molecule has 0 aliphatic carbocycles. The summed E-state index contributed by atoms with van der Waals surface area (Å²) in [5.74, 6) is 0.0775. The molecule has 3 aromatic rings. The highest BCUT2D eigenvalue weighted by Gasteiger charge is 2.14. The Bertz CT molecular complexity index is 872. The molecule has 0 saturated carbocycles. The number of benzene rings is 1. The third-order valence-corrected chi connectivity index (χ3v) is 5.01. The summed E-state index contributed by atoms with van der Waals surface area (Å²) < 4.78 is 1.65. The highest BCUT2D eigenvalue weighted by atomic mass is 32.2. The second-order valence-corrected chi connectivity index (χ2v) is 7.09. The van der Waals surface area contributed by atoms with Crippen LogP contribution in [0.15, 0.2) is 28.7 Å². The first kappa shape index (κ1) is 16.6. The standard InChI is InChI=1S/C15H16N6OS2/c1-9-4-5-12(10(2)6-9)21-15(18-19-20-21)24-8-13(22)17-14-16-11(3)7-23-14/h4-7H,8H2,1-3H3,(H,16,17,22). The first-order valence-corrected chi connectivity index (χ1v) is 9.10. The van der Waals surface area contributed by atoms with Gasteiger partial charge in [0.05, 0.1) is 17.1 Å². The largest absolute Gasteiger partial charge is 0.301 e. The van der Waals surface area contributed by atoms with Crippen molar-refractivity contribution in [2.24, 2.45) is 0 Å². The predicted octanol–water partition coefficient (Wildman–Crippen LogP) is 2.77. The molecule has 0 spiro atoms. The van der Waals surface area contributed by atoms with Crippen LogP contribution >= 0.6 is 23.1 Å². The van der Waals surface area contributed by atoms with Crippen LogP contribution in [0.5, 0.6) is 0 Å². The van der Waals surface area contributed by atoms with Crippen LogP contribution in [-0.2, 0) is 4.79 Å². The van der Waals surface area contributed by atoms with Crippen LogP contribution in [0.2, 0.25) is 0 Å². The van der Waals surface area contributed by atoms with Crippen LogP contribution in [0.1, 0.15) is 16.8 Å². The van der Waals surface area contributed by atoms with Crippen LogP contribution in [0.25, 0.3) is 5.69 Å². The van der Waals surface area contributed by atoms with Crippen molar-refractivity contribution in [2.45, 2.75) is 25.9 Å². The molecule has 0 unspecified atom stereocenters. The SMILES string of the molecule is Cc1ccc(-n2nnnc2SCC(=O)Nc2nc(C)cs2)c(C)c1. The van der Waals surface area contributed by atoms with Gasteiger partial charge in [0.25, 0.3) is 0 Å². The zero-order valence-corrected chi connectivity index (χ0v) is 15.1. The molecule has 0 atom stereocenters. The fourth-order valence-corrected chi connectivity index (χ4v) is 3.55. The summed E-state index contributed by atoms with van der Waals surface area (Å²) in [6, 6.07) is 6.06. The van der Waals surface area contributed by atoms with E-state index in [2.05, 4.69) is 31.9 Å². The number of carbonyl (C=O) groups is 1. The Morgan fingerprint density at radius 1 is 1.33 bits per heavy atom. The van der Waals surface area contributed by atoms with E-state index in [1.165, 1.54) is 28.7 Å². The molecule has 2 aromatic heterocycles. The van der Waals surface area contributed by atoms with E-state index in [1.807, 2.05) is 38.3 Å². The summed E-state index contributed by atoms with van der Waals surface area (Å²) in [5.41, 5.74) is 4.05. The van der Waals surface area contributed by atoms with E-state index in [9.17, 15) is 4.79 Å². The second-order valence-electron chi connectivity index (χ2n) is 5.29. The Morgan fingerprint density at radius 3 is 2.88 bits per heavy atom. The maximum atomic E-state index is 12.0. The molecule has 7 nitrogen and oxygen atoms in total. The number of hydrogen-bond acceptors (Lipinski definition) is 7. The van der Waals surface area contributed by atoms with Crippen molar-refractivity contribution in [1.29, 1.82) is 0 Å². The molecule has 0 radical (unpaired) electrons. The van der Waals surface area contributed by atoms with Crippen LogP contribution in [0.3, 0.4) is 0 Å². The molecule has 1 aromatic carbocycles. The number of carbonyl (C=O) groups excluding carboxylic acids is 1. The number of thioether (sulfide) groups is 1. The number of nitrogens with one attached hydrogen (secondary N) is 1. The molecule has 0 bridgehead atoms. The number of tetrazole rings is 1. The Labute approximate surface area is 147 Å². The number of anilines is 1. The lowest BCUT2D eigenvalue weighted by molar-refractivity contribution is -0.113. The highest BCUT2D eigenvalue weighted by molar-refractivity contribution is 7.99. The minimum absolute atomic E-state index is 0.135. The van der Waals surface area contributed by atoms with Crippen molar-refractivity contribution < 1.29 is 4.79 Å². The van der Waals surface area contributed by atoms with Gasteiger partial charge < -0.3 is 5.32 Å². The third-order valence-electron chi connectivity index (χ3n) is 3.22. The maximum Gasteiger partial charge on any atom is 0.236 e. The topological polar surface area (TPSA) is 85.6 Å². The van der Waals surface area contributed by atoms with Crippen LogP contribution < -0.4 is 5.32 Å². The summed E-state index contributed by atoms with van der Waals surface area (Å²) in [5, 5.41) is 17.6. The van der Waals surface area contributed by atoms with E-state index in [1.54, 1.807) is 4.68 Å². The van der Waals surface area contributed by atoms with Gasteiger partial charge in [-0.15, -0.1) is 16.4 Å². The number of aromatic nitrogens is 5. The van der Waals surface area contributed by atoms with Crippen molar-refractivity contribution in [3.63, 3.8) is 0 Å².